The molecule has 0 saturated heterocycles. The molecule has 0 aliphatic rings. The normalized spacial score (nSPS) is 10.5. The summed E-state index contributed by atoms with van der Waals surface area (Å²) in [4.78, 5) is 12.0. The first kappa shape index (κ1) is 13.6. The lowest BCUT2D eigenvalue weighted by Gasteiger charge is -2.05. The van der Waals surface area contributed by atoms with Gasteiger partial charge in [0.2, 0.25) is 0 Å². The van der Waals surface area contributed by atoms with Crippen LogP contribution in [0.15, 0.2) is 30.3 Å². The number of nitrogens with one attached hydrogen (secondary N) is 1. The third-order valence-corrected chi connectivity index (χ3v) is 3.35. The van der Waals surface area contributed by atoms with Gasteiger partial charge < -0.3 is 5.32 Å². The number of aryl methyl sites for hydroxylation is 2. The summed E-state index contributed by atoms with van der Waals surface area (Å²) < 4.78 is 1.50. The molecule has 1 N–H and O–H groups in total. The zero-order valence-electron chi connectivity index (χ0n) is 11.0. The molecular formula is C14H16ClN3O. The summed E-state index contributed by atoms with van der Waals surface area (Å²) in [7, 11) is 1.72. The number of hydrogen-bond acceptors (Lipinski definition) is 2. The highest BCUT2D eigenvalue weighted by atomic mass is 35.5. The maximum absolute atomic E-state index is 12.0. The summed E-state index contributed by atoms with van der Waals surface area (Å²) in [6, 6.07) is 10.0. The molecule has 1 amide bonds. The highest BCUT2D eigenvalue weighted by Gasteiger charge is 2.18. The van der Waals surface area contributed by atoms with Crippen LogP contribution in [-0.4, -0.2) is 22.2 Å². The number of aromatic nitrogens is 2. The van der Waals surface area contributed by atoms with Gasteiger partial charge in [-0.15, -0.1) is 0 Å². The van der Waals surface area contributed by atoms with E-state index >= 15 is 0 Å². The first-order valence-corrected chi connectivity index (χ1v) is 6.48. The van der Waals surface area contributed by atoms with Crippen LogP contribution in [0.2, 0.25) is 5.15 Å². The van der Waals surface area contributed by atoms with Gasteiger partial charge in [0.25, 0.3) is 5.91 Å². The van der Waals surface area contributed by atoms with E-state index in [1.54, 1.807) is 14.0 Å². The predicted octanol–water partition coefficient (Wildman–Crippen LogP) is 2.35. The fourth-order valence-electron chi connectivity index (χ4n) is 1.94. The molecule has 0 fully saturated rings. The van der Waals surface area contributed by atoms with Crippen LogP contribution in [0.4, 0.5) is 0 Å². The van der Waals surface area contributed by atoms with Crippen molar-refractivity contribution in [3.05, 3.63) is 52.3 Å². The number of carbonyl (C=O) groups excluding carboxylic acids is 1. The van der Waals surface area contributed by atoms with E-state index in [9.17, 15) is 4.79 Å². The van der Waals surface area contributed by atoms with Crippen molar-refractivity contribution < 1.29 is 4.79 Å². The molecule has 1 aromatic heterocycles. The van der Waals surface area contributed by atoms with Crippen molar-refractivity contribution >= 4 is 17.5 Å². The minimum absolute atomic E-state index is 0.175. The summed E-state index contributed by atoms with van der Waals surface area (Å²) in [5.74, 6) is -0.175. The van der Waals surface area contributed by atoms with Gasteiger partial charge in [-0.25, -0.2) is 0 Å². The van der Waals surface area contributed by atoms with Gasteiger partial charge in [-0.2, -0.15) is 5.10 Å². The van der Waals surface area contributed by atoms with Crippen LogP contribution in [0.25, 0.3) is 0 Å². The van der Waals surface area contributed by atoms with E-state index in [0.717, 1.165) is 6.42 Å². The third-order valence-electron chi connectivity index (χ3n) is 2.92. The average molecular weight is 278 g/mol. The SMILES string of the molecule is Cc1nn(C)c(Cl)c1C(=O)NCCc1ccccc1. The molecule has 2 aromatic rings. The van der Waals surface area contributed by atoms with E-state index in [2.05, 4.69) is 10.4 Å². The van der Waals surface area contributed by atoms with Gasteiger partial charge in [0.15, 0.2) is 0 Å². The van der Waals surface area contributed by atoms with Crippen molar-refractivity contribution in [3.63, 3.8) is 0 Å². The van der Waals surface area contributed by atoms with E-state index < -0.39 is 0 Å². The lowest BCUT2D eigenvalue weighted by atomic mass is 10.1. The maximum atomic E-state index is 12.0. The van der Waals surface area contributed by atoms with Gasteiger partial charge in [0, 0.05) is 13.6 Å². The Morgan fingerprint density at radius 3 is 2.63 bits per heavy atom. The molecule has 5 heteroatoms. The average Bonchev–Trinajstić information content (AvgIpc) is 2.64. The Balaban J connectivity index is 1.95. The molecule has 4 nitrogen and oxygen atoms in total. The Kier molecular flexibility index (Phi) is 4.22. The Labute approximate surface area is 117 Å². The summed E-state index contributed by atoms with van der Waals surface area (Å²) in [6.45, 7) is 2.35. The number of hydrogen-bond donors (Lipinski definition) is 1. The molecule has 0 atom stereocenters. The third kappa shape index (κ3) is 3.15. The van der Waals surface area contributed by atoms with Crippen molar-refractivity contribution in [1.82, 2.24) is 15.1 Å². The molecule has 0 radical (unpaired) electrons. The fraction of sp³-hybridized carbons (Fsp3) is 0.286. The number of nitrogens with zero attached hydrogens (tertiary/aromatic N) is 2. The first-order chi connectivity index (χ1) is 9.09. The van der Waals surface area contributed by atoms with E-state index in [-0.39, 0.29) is 5.91 Å². The van der Waals surface area contributed by atoms with Crippen LogP contribution < -0.4 is 5.32 Å². The van der Waals surface area contributed by atoms with E-state index in [1.807, 2.05) is 30.3 Å². The topological polar surface area (TPSA) is 46.9 Å². The second kappa shape index (κ2) is 5.89. The largest absolute Gasteiger partial charge is 0.352 e. The van der Waals surface area contributed by atoms with Gasteiger partial charge in [-0.1, -0.05) is 41.9 Å². The summed E-state index contributed by atoms with van der Waals surface area (Å²) in [6.07, 6.45) is 0.795. The smallest absolute Gasteiger partial charge is 0.256 e. The van der Waals surface area contributed by atoms with E-state index in [1.165, 1.54) is 10.2 Å². The predicted molar refractivity (Wildman–Crippen MR) is 75.4 cm³/mol. The Bertz CT molecular complexity index is 578. The Hall–Kier alpha value is -1.81. The number of carbonyl (C=O) groups is 1. The van der Waals surface area contributed by atoms with Gasteiger partial charge in [-0.05, 0) is 18.9 Å². The fourth-order valence-corrected chi connectivity index (χ4v) is 2.20. The monoisotopic (exact) mass is 277 g/mol. The van der Waals surface area contributed by atoms with Gasteiger partial charge in [0.05, 0.1) is 11.3 Å². The van der Waals surface area contributed by atoms with Crippen LogP contribution >= 0.6 is 11.6 Å². The van der Waals surface area contributed by atoms with Crippen LogP contribution in [0, 0.1) is 6.92 Å². The maximum Gasteiger partial charge on any atom is 0.256 e. The van der Waals surface area contributed by atoms with Gasteiger partial charge >= 0.3 is 0 Å². The molecule has 19 heavy (non-hydrogen) atoms. The molecule has 0 aliphatic heterocycles. The van der Waals surface area contributed by atoms with E-state index in [0.29, 0.717) is 23.0 Å². The van der Waals surface area contributed by atoms with Crippen LogP contribution in [-0.2, 0) is 13.5 Å². The van der Waals surface area contributed by atoms with Crippen LogP contribution in [0.5, 0.6) is 0 Å². The summed E-state index contributed by atoms with van der Waals surface area (Å²) >= 11 is 6.04. The highest BCUT2D eigenvalue weighted by Crippen LogP contribution is 2.18. The summed E-state index contributed by atoms with van der Waals surface area (Å²) in [5, 5.41) is 7.36. The van der Waals surface area contributed by atoms with Crippen molar-refractivity contribution in [2.24, 2.45) is 7.05 Å². The minimum Gasteiger partial charge on any atom is -0.352 e. The zero-order chi connectivity index (χ0) is 13.8. The first-order valence-electron chi connectivity index (χ1n) is 6.11. The summed E-state index contributed by atoms with van der Waals surface area (Å²) in [5.41, 5.74) is 2.29. The standard InChI is InChI=1S/C14H16ClN3O/c1-10-12(13(15)18(2)17-10)14(19)16-9-8-11-6-4-3-5-7-11/h3-7H,8-9H2,1-2H3,(H,16,19). The zero-order valence-corrected chi connectivity index (χ0v) is 11.7. The molecule has 0 saturated carbocycles. The number of halogens is 1. The molecule has 0 unspecified atom stereocenters. The van der Waals surface area contributed by atoms with Crippen molar-refractivity contribution in [2.45, 2.75) is 13.3 Å². The Morgan fingerprint density at radius 1 is 1.37 bits per heavy atom. The molecule has 2 rings (SSSR count). The quantitative estimate of drug-likeness (QED) is 0.932. The highest BCUT2D eigenvalue weighted by molar-refractivity contribution is 6.33. The van der Waals surface area contributed by atoms with Gasteiger partial charge in [0.1, 0.15) is 5.15 Å². The number of rotatable bonds is 4. The lowest BCUT2D eigenvalue weighted by molar-refractivity contribution is 0.0953. The van der Waals surface area contributed by atoms with Gasteiger partial charge in [-0.3, -0.25) is 9.48 Å². The lowest BCUT2D eigenvalue weighted by Crippen LogP contribution is -2.26. The second-order valence-corrected chi connectivity index (χ2v) is 4.72. The van der Waals surface area contributed by atoms with Crippen molar-refractivity contribution in [3.8, 4) is 0 Å². The molecule has 0 aliphatic carbocycles. The molecule has 0 spiro atoms. The Morgan fingerprint density at radius 2 is 2.05 bits per heavy atom. The molecule has 100 valence electrons. The van der Waals surface area contributed by atoms with Crippen molar-refractivity contribution in [2.75, 3.05) is 6.54 Å². The minimum atomic E-state index is -0.175. The second-order valence-electron chi connectivity index (χ2n) is 4.37. The van der Waals surface area contributed by atoms with Crippen LogP contribution in [0.3, 0.4) is 0 Å². The van der Waals surface area contributed by atoms with Crippen molar-refractivity contribution in [1.29, 1.82) is 0 Å². The van der Waals surface area contributed by atoms with E-state index in [4.69, 9.17) is 11.6 Å². The number of benzene rings is 1. The van der Waals surface area contributed by atoms with Crippen LogP contribution in [0.1, 0.15) is 21.6 Å². The number of amides is 1. The molecular weight excluding hydrogens is 262 g/mol. The molecule has 1 aromatic carbocycles. The molecule has 0 bridgehead atoms. The molecule has 1 heterocycles.